The number of carbonyl (C=O) groups excluding carboxylic acids is 2. The summed E-state index contributed by atoms with van der Waals surface area (Å²) in [6.07, 6.45) is 4.19. The van der Waals surface area contributed by atoms with Crippen molar-refractivity contribution in [1.82, 2.24) is 4.98 Å². The standard InChI is InChI=1S/C29H42N2O4S/c1-17-10-9-11-29(16-30)25(35-29)14-24(18(2)12-23-15-36-22(6)31-23)34-26(32)13-19(3)28(7,8)27(33)21(5)20(17)4/h12,15,17,19-21,24-25H,9-11,13-14H2,1-8H3/b18-12+/t17-,19-,20-,21+,24-,25?,29+/m0/s1. The van der Waals surface area contributed by atoms with Gasteiger partial charge in [0.15, 0.2) is 5.60 Å². The minimum atomic E-state index is -0.821. The molecule has 0 saturated carbocycles. The van der Waals surface area contributed by atoms with Gasteiger partial charge in [0, 0.05) is 29.6 Å². The molecular formula is C29H42N2O4S. The molecule has 2 fully saturated rings. The van der Waals surface area contributed by atoms with E-state index in [1.54, 1.807) is 11.3 Å². The second kappa shape index (κ2) is 11.1. The van der Waals surface area contributed by atoms with E-state index in [1.165, 1.54) is 0 Å². The summed E-state index contributed by atoms with van der Waals surface area (Å²) in [5, 5.41) is 12.9. The van der Waals surface area contributed by atoms with Crippen LogP contribution in [0.15, 0.2) is 11.0 Å². The number of hydrogen-bond acceptors (Lipinski definition) is 7. The van der Waals surface area contributed by atoms with E-state index in [0.29, 0.717) is 18.8 Å². The maximum absolute atomic E-state index is 13.5. The van der Waals surface area contributed by atoms with Crippen molar-refractivity contribution in [3.63, 3.8) is 0 Å². The summed E-state index contributed by atoms with van der Waals surface area (Å²) >= 11 is 1.57. The Labute approximate surface area is 220 Å². The molecule has 3 heterocycles. The maximum atomic E-state index is 13.5. The van der Waals surface area contributed by atoms with Crippen molar-refractivity contribution in [3.8, 4) is 6.07 Å². The van der Waals surface area contributed by atoms with Crippen LogP contribution in [-0.4, -0.2) is 34.5 Å². The Bertz CT molecular complexity index is 1040. The zero-order valence-electron chi connectivity index (χ0n) is 23.1. The Hall–Kier alpha value is -2.04. The molecular weight excluding hydrogens is 472 g/mol. The van der Waals surface area contributed by atoms with Crippen molar-refractivity contribution >= 4 is 29.2 Å². The fraction of sp³-hybridized carbons (Fsp3) is 0.724. The van der Waals surface area contributed by atoms with E-state index in [0.717, 1.165) is 29.1 Å². The first-order valence-electron chi connectivity index (χ1n) is 13.2. The molecule has 2 aliphatic rings. The summed E-state index contributed by atoms with van der Waals surface area (Å²) in [7, 11) is 0. The number of rotatable bonds is 2. The fourth-order valence-corrected chi connectivity index (χ4v) is 5.92. The Morgan fingerprint density at radius 3 is 2.56 bits per heavy atom. The first-order valence-corrected chi connectivity index (χ1v) is 14.1. The van der Waals surface area contributed by atoms with Gasteiger partial charge in [0.25, 0.3) is 0 Å². The number of carbonyl (C=O) groups is 2. The summed E-state index contributed by atoms with van der Waals surface area (Å²) in [6, 6.07) is 2.39. The first-order chi connectivity index (χ1) is 16.8. The molecule has 6 nitrogen and oxygen atoms in total. The van der Waals surface area contributed by atoms with Gasteiger partial charge in [0.1, 0.15) is 24.1 Å². The zero-order valence-corrected chi connectivity index (χ0v) is 23.9. The Balaban J connectivity index is 1.89. The number of ether oxygens (including phenoxy) is 2. The monoisotopic (exact) mass is 514 g/mol. The van der Waals surface area contributed by atoms with E-state index in [4.69, 9.17) is 9.47 Å². The summed E-state index contributed by atoms with van der Waals surface area (Å²) in [4.78, 5) is 31.2. The molecule has 0 aromatic carbocycles. The highest BCUT2D eigenvalue weighted by atomic mass is 32.1. The number of epoxide rings is 1. The predicted molar refractivity (Wildman–Crippen MR) is 142 cm³/mol. The number of fused-ring (bicyclic) bond motifs is 1. The van der Waals surface area contributed by atoms with Crippen LogP contribution >= 0.6 is 11.3 Å². The molecule has 0 amide bonds. The van der Waals surface area contributed by atoms with Gasteiger partial charge in [-0.25, -0.2) is 4.98 Å². The number of thiazole rings is 1. The van der Waals surface area contributed by atoms with E-state index in [1.807, 2.05) is 53.0 Å². The average Bonchev–Trinajstić information content (AvgIpc) is 3.35. The molecule has 7 heteroatoms. The van der Waals surface area contributed by atoms with Crippen LogP contribution in [0.4, 0.5) is 0 Å². The maximum Gasteiger partial charge on any atom is 0.306 e. The van der Waals surface area contributed by atoms with Crippen molar-refractivity contribution < 1.29 is 19.1 Å². The number of nitriles is 1. The second-order valence-electron chi connectivity index (χ2n) is 11.7. The third-order valence-corrected chi connectivity index (χ3v) is 9.67. The smallest absolute Gasteiger partial charge is 0.306 e. The van der Waals surface area contributed by atoms with Gasteiger partial charge in [-0.05, 0) is 56.1 Å². The van der Waals surface area contributed by atoms with Crippen LogP contribution in [0.2, 0.25) is 0 Å². The Morgan fingerprint density at radius 2 is 1.94 bits per heavy atom. The molecule has 3 rings (SSSR count). The fourth-order valence-electron chi connectivity index (χ4n) is 5.35. The molecule has 7 atom stereocenters. The molecule has 0 aliphatic carbocycles. The van der Waals surface area contributed by atoms with Gasteiger partial charge < -0.3 is 9.47 Å². The second-order valence-corrected chi connectivity index (χ2v) is 12.8. The molecule has 1 unspecified atom stereocenters. The highest BCUT2D eigenvalue weighted by molar-refractivity contribution is 7.09. The lowest BCUT2D eigenvalue weighted by atomic mass is 9.67. The quantitative estimate of drug-likeness (QED) is 0.329. The molecule has 36 heavy (non-hydrogen) atoms. The minimum absolute atomic E-state index is 0.115. The summed E-state index contributed by atoms with van der Waals surface area (Å²) in [5.74, 6) is 0.136. The van der Waals surface area contributed by atoms with Crippen LogP contribution < -0.4 is 0 Å². The lowest BCUT2D eigenvalue weighted by molar-refractivity contribution is -0.150. The highest BCUT2D eigenvalue weighted by Crippen LogP contribution is 2.45. The number of nitrogens with zero attached hydrogens (tertiary/aromatic N) is 2. The molecule has 2 aliphatic heterocycles. The number of cyclic esters (lactones) is 1. The SMILES string of the molecule is C/C(=C\c1csc(C)n1)[C@@H]1CC2O[C@@]2(C#N)CCC[C@H](C)[C@H](C)[C@@H](C)C(=O)C(C)(C)[C@@H](C)CC(=O)O1. The molecule has 0 radical (unpaired) electrons. The summed E-state index contributed by atoms with van der Waals surface area (Å²) < 4.78 is 12.0. The van der Waals surface area contributed by atoms with E-state index in [-0.39, 0.29) is 42.0 Å². The lowest BCUT2D eigenvalue weighted by Crippen LogP contribution is -2.40. The van der Waals surface area contributed by atoms with E-state index in [9.17, 15) is 14.9 Å². The molecule has 0 N–H and O–H groups in total. The largest absolute Gasteiger partial charge is 0.458 e. The molecule has 0 spiro atoms. The van der Waals surface area contributed by atoms with E-state index >= 15 is 0 Å². The molecule has 1 aromatic rings. The van der Waals surface area contributed by atoms with Crippen molar-refractivity contribution in [2.24, 2.45) is 29.1 Å². The van der Waals surface area contributed by atoms with Crippen LogP contribution in [0, 0.1) is 47.3 Å². The molecule has 1 aromatic heterocycles. The number of hydrogen-bond donors (Lipinski definition) is 0. The summed E-state index contributed by atoms with van der Waals surface area (Å²) in [6.45, 7) is 16.1. The van der Waals surface area contributed by atoms with Crippen molar-refractivity contribution in [2.75, 3.05) is 0 Å². The number of aromatic nitrogens is 1. The number of aryl methyl sites for hydroxylation is 1. The van der Waals surface area contributed by atoms with Gasteiger partial charge in [-0.3, -0.25) is 9.59 Å². The molecule has 0 bridgehead atoms. The zero-order chi connectivity index (χ0) is 26.8. The Kier molecular flexibility index (Phi) is 8.83. The van der Waals surface area contributed by atoms with Crippen molar-refractivity contribution in [2.45, 2.75) is 105 Å². The third-order valence-electron chi connectivity index (χ3n) is 8.87. The Morgan fingerprint density at radius 1 is 1.25 bits per heavy atom. The van der Waals surface area contributed by atoms with Gasteiger partial charge in [-0.2, -0.15) is 5.26 Å². The number of Topliss-reactive ketones (excluding diaryl/α,β-unsaturated/α-hetero) is 1. The molecule has 198 valence electrons. The first kappa shape index (κ1) is 28.5. The molecule has 2 saturated heterocycles. The topological polar surface area (TPSA) is 92.6 Å². The average molecular weight is 515 g/mol. The van der Waals surface area contributed by atoms with E-state index < -0.39 is 17.1 Å². The number of ketones is 1. The lowest BCUT2D eigenvalue weighted by Gasteiger charge is -2.36. The minimum Gasteiger partial charge on any atom is -0.458 e. The van der Waals surface area contributed by atoms with E-state index in [2.05, 4.69) is 24.9 Å². The normalized spacial score (nSPS) is 36.5. The van der Waals surface area contributed by atoms with Gasteiger partial charge in [0.2, 0.25) is 0 Å². The van der Waals surface area contributed by atoms with Crippen LogP contribution in [0.25, 0.3) is 6.08 Å². The van der Waals surface area contributed by atoms with Crippen molar-refractivity contribution in [1.29, 1.82) is 5.26 Å². The van der Waals surface area contributed by atoms with Crippen LogP contribution in [-0.2, 0) is 19.1 Å². The predicted octanol–water partition coefficient (Wildman–Crippen LogP) is 6.53. The van der Waals surface area contributed by atoms with Gasteiger partial charge in [-0.15, -0.1) is 11.3 Å². The van der Waals surface area contributed by atoms with Gasteiger partial charge in [-0.1, -0.05) is 48.0 Å². The van der Waals surface area contributed by atoms with Crippen LogP contribution in [0.1, 0.15) is 91.3 Å². The van der Waals surface area contributed by atoms with Gasteiger partial charge in [0.05, 0.1) is 10.7 Å². The summed E-state index contributed by atoms with van der Waals surface area (Å²) in [5.41, 5.74) is 0.242. The van der Waals surface area contributed by atoms with Gasteiger partial charge >= 0.3 is 5.97 Å². The number of esters is 1. The van der Waals surface area contributed by atoms with Crippen LogP contribution in [0.5, 0.6) is 0 Å². The van der Waals surface area contributed by atoms with Crippen LogP contribution in [0.3, 0.4) is 0 Å². The third kappa shape index (κ3) is 6.26. The highest BCUT2D eigenvalue weighted by Gasteiger charge is 2.57. The van der Waals surface area contributed by atoms with Crippen molar-refractivity contribution in [3.05, 3.63) is 21.7 Å².